The van der Waals surface area contributed by atoms with Crippen molar-refractivity contribution >= 4 is 41.4 Å². The number of hydrogen-bond donors (Lipinski definition) is 4. The molecule has 1 aliphatic carbocycles. The van der Waals surface area contributed by atoms with Crippen LogP contribution in [-0.2, 0) is 9.59 Å². The number of thioether (sulfide) groups is 1. The summed E-state index contributed by atoms with van der Waals surface area (Å²) in [6, 6.07) is 0. The highest BCUT2D eigenvalue weighted by Gasteiger charge is 2.32. The topological polar surface area (TPSA) is 108 Å². The Morgan fingerprint density at radius 1 is 1.50 bits per heavy atom. The molecule has 0 unspecified atom stereocenters. The molecule has 9 heteroatoms. The van der Waals surface area contributed by atoms with E-state index >= 15 is 0 Å². The van der Waals surface area contributed by atoms with Crippen LogP contribution >= 0.6 is 24.4 Å². The van der Waals surface area contributed by atoms with Crippen LogP contribution in [0.25, 0.3) is 0 Å². The summed E-state index contributed by atoms with van der Waals surface area (Å²) >= 11 is 5.39. The molecule has 0 bridgehead atoms. The van der Waals surface area contributed by atoms with Crippen molar-refractivity contribution in [3.05, 3.63) is 11.3 Å². The molecule has 2 rings (SSSR count). The van der Waals surface area contributed by atoms with E-state index in [0.29, 0.717) is 29.5 Å². The summed E-state index contributed by atoms with van der Waals surface area (Å²) in [5, 5.41) is 9.73. The van der Waals surface area contributed by atoms with Gasteiger partial charge >= 0.3 is 5.97 Å². The number of thiol groups is 1. The molecule has 0 radical (unpaired) electrons. The minimum absolute atomic E-state index is 0.0197. The summed E-state index contributed by atoms with van der Waals surface area (Å²) in [5.41, 5.74) is 2.98. The first-order valence-electron chi connectivity index (χ1n) is 6.97. The number of nitrogens with two attached hydrogens (primary N) is 1. The monoisotopic (exact) mass is 346 g/mol. The number of likely N-dealkylation sites (tertiary alicyclic amines) is 1. The quantitative estimate of drug-likeness (QED) is 0.112. The highest BCUT2D eigenvalue weighted by molar-refractivity contribution is 8.14. The zero-order valence-corrected chi connectivity index (χ0v) is 14.3. The normalized spacial score (nSPS) is 17.9. The Hall–Kier alpha value is -1.19. The van der Waals surface area contributed by atoms with Crippen molar-refractivity contribution in [3.8, 4) is 0 Å². The van der Waals surface area contributed by atoms with Gasteiger partial charge in [0, 0.05) is 31.5 Å². The minimum Gasteiger partial charge on any atom is -0.477 e. The van der Waals surface area contributed by atoms with Gasteiger partial charge in [-0.15, -0.1) is 0 Å². The van der Waals surface area contributed by atoms with E-state index in [1.807, 2.05) is 0 Å². The third kappa shape index (κ3) is 5.90. The van der Waals surface area contributed by atoms with Crippen LogP contribution < -0.4 is 11.3 Å². The summed E-state index contributed by atoms with van der Waals surface area (Å²) in [5.74, 6) is 4.56. The molecule has 4 N–H and O–H groups in total. The average Bonchev–Trinajstić information content (AvgIpc) is 3.37. The predicted molar refractivity (Wildman–Crippen MR) is 91.8 cm³/mol. The first-order valence-corrected chi connectivity index (χ1v) is 8.59. The molecule has 124 valence electrons. The number of carboxylic acid groups (broad SMARTS) is 1. The van der Waals surface area contributed by atoms with Crippen LogP contribution in [0, 0.1) is 0 Å². The molecular formula is C13H22N4O3S2. The second-order valence-electron chi connectivity index (χ2n) is 4.73. The van der Waals surface area contributed by atoms with Gasteiger partial charge in [0.1, 0.15) is 5.70 Å². The van der Waals surface area contributed by atoms with E-state index in [1.54, 1.807) is 7.05 Å². The van der Waals surface area contributed by atoms with Crippen molar-refractivity contribution in [1.29, 1.82) is 0 Å². The number of rotatable bonds is 5. The number of aliphatic carboxylic acids is 1. The summed E-state index contributed by atoms with van der Waals surface area (Å²) in [7, 11) is 1.57. The molecule has 2 fully saturated rings. The highest BCUT2D eigenvalue weighted by atomic mass is 32.2. The lowest BCUT2D eigenvalue weighted by Gasteiger charge is -2.32. The van der Waals surface area contributed by atoms with Crippen LogP contribution in [0.15, 0.2) is 16.3 Å². The lowest BCUT2D eigenvalue weighted by Crippen LogP contribution is -2.45. The van der Waals surface area contributed by atoms with Crippen LogP contribution in [0.2, 0.25) is 0 Å². The Morgan fingerprint density at radius 2 is 2.14 bits per heavy atom. The fourth-order valence-electron chi connectivity index (χ4n) is 1.52. The molecule has 1 aliphatic heterocycles. The molecule has 1 amide bonds. The number of β-lactam (4-membered cyclic amide) rings is 1. The van der Waals surface area contributed by atoms with Gasteiger partial charge in [0.25, 0.3) is 0 Å². The van der Waals surface area contributed by atoms with E-state index in [0.717, 1.165) is 0 Å². The summed E-state index contributed by atoms with van der Waals surface area (Å²) in [6.45, 7) is 0.437. The second-order valence-corrected chi connectivity index (χ2v) is 6.01. The van der Waals surface area contributed by atoms with Gasteiger partial charge in [-0.2, -0.15) is 12.6 Å². The molecule has 1 saturated heterocycles. The summed E-state index contributed by atoms with van der Waals surface area (Å²) in [4.78, 5) is 27.8. The first kappa shape index (κ1) is 18.9. The molecule has 0 aromatic heterocycles. The summed E-state index contributed by atoms with van der Waals surface area (Å²) in [6.07, 6.45) is 4.88. The van der Waals surface area contributed by atoms with Crippen molar-refractivity contribution < 1.29 is 14.7 Å². The number of hydrogen-bond acceptors (Lipinski definition) is 6. The number of aliphatic imine (C=N–C) groups is 1. The van der Waals surface area contributed by atoms with Gasteiger partial charge in [-0.05, 0) is 5.57 Å². The highest BCUT2D eigenvalue weighted by Crippen LogP contribution is 2.23. The van der Waals surface area contributed by atoms with Crippen LogP contribution in [-0.4, -0.2) is 52.1 Å². The molecule has 0 spiro atoms. The van der Waals surface area contributed by atoms with Crippen molar-refractivity contribution in [1.82, 2.24) is 10.3 Å². The number of nitrogens with one attached hydrogen (secondary N) is 1. The number of amides is 1. The Bertz CT molecular complexity index is 475. The number of carbonyl (C=O) groups excluding carboxylic acids is 1. The summed E-state index contributed by atoms with van der Waals surface area (Å²) < 4.78 is 0. The van der Waals surface area contributed by atoms with E-state index in [1.165, 1.54) is 35.9 Å². The molecule has 0 aromatic rings. The second kappa shape index (κ2) is 9.75. The average molecular weight is 346 g/mol. The maximum absolute atomic E-state index is 11.4. The molecule has 1 saturated carbocycles. The Balaban J connectivity index is 0.000000714. The molecular weight excluding hydrogens is 324 g/mol. The van der Waals surface area contributed by atoms with Crippen LogP contribution in [0.3, 0.4) is 0 Å². The van der Waals surface area contributed by atoms with E-state index in [9.17, 15) is 14.7 Å². The Labute approximate surface area is 139 Å². The fraction of sp³-hybridized carbons (Fsp3) is 0.615. The number of carbonyl (C=O) groups is 2. The third-order valence-electron chi connectivity index (χ3n) is 2.91. The zero-order valence-electron chi connectivity index (χ0n) is 12.5. The van der Waals surface area contributed by atoms with Gasteiger partial charge in [0.05, 0.1) is 0 Å². The van der Waals surface area contributed by atoms with Gasteiger partial charge in [-0.25, -0.2) is 10.6 Å². The van der Waals surface area contributed by atoms with Crippen LogP contribution in [0.1, 0.15) is 25.7 Å². The lowest BCUT2D eigenvalue weighted by molar-refractivity contribution is -0.144. The molecule has 22 heavy (non-hydrogen) atoms. The fourth-order valence-corrected chi connectivity index (χ4v) is 2.70. The standard InChI is InChI=1S/C10H16N4O3S2.C3H6/c1-12-10(13-11)19-5-6(4-18)8(9(16)17)14-3-2-7(14)15;1-2-3-1/h18H,2-5,11H2,1H3,(H,12,13)(H,16,17);1-3H2/b8-6+;. The van der Waals surface area contributed by atoms with Crippen molar-refractivity contribution in [2.45, 2.75) is 25.7 Å². The number of nitrogens with zero attached hydrogens (tertiary/aromatic N) is 2. The van der Waals surface area contributed by atoms with Gasteiger partial charge in [0.2, 0.25) is 5.91 Å². The molecule has 1 heterocycles. The van der Waals surface area contributed by atoms with Gasteiger partial charge in [0.15, 0.2) is 5.17 Å². The molecule has 2 aliphatic rings. The van der Waals surface area contributed by atoms with Gasteiger partial charge in [-0.1, -0.05) is 31.0 Å². The lowest BCUT2D eigenvalue weighted by atomic mass is 10.1. The van der Waals surface area contributed by atoms with E-state index in [4.69, 9.17) is 5.84 Å². The van der Waals surface area contributed by atoms with E-state index < -0.39 is 5.97 Å². The maximum atomic E-state index is 11.4. The van der Waals surface area contributed by atoms with Gasteiger partial charge < -0.3 is 15.4 Å². The van der Waals surface area contributed by atoms with Crippen LogP contribution in [0.5, 0.6) is 0 Å². The third-order valence-corrected chi connectivity index (χ3v) is 4.36. The van der Waals surface area contributed by atoms with Crippen molar-refractivity contribution in [2.24, 2.45) is 10.8 Å². The Morgan fingerprint density at radius 3 is 2.41 bits per heavy atom. The SMILES string of the molecule is C1CC1.CN=C(NN)SC/C(CS)=C(\C(=O)O)N1CCC1=O. The molecule has 0 atom stereocenters. The molecule has 0 aromatic carbocycles. The largest absolute Gasteiger partial charge is 0.477 e. The Kier molecular flexibility index (Phi) is 8.36. The van der Waals surface area contributed by atoms with Gasteiger partial charge in [-0.3, -0.25) is 9.79 Å². The van der Waals surface area contributed by atoms with E-state index in [2.05, 4.69) is 23.0 Å². The molecule has 7 nitrogen and oxygen atoms in total. The minimum atomic E-state index is -1.12. The first-order chi connectivity index (χ1) is 10.5. The predicted octanol–water partition coefficient (Wildman–Crippen LogP) is 0.840. The number of hydrazine groups is 1. The van der Waals surface area contributed by atoms with Crippen molar-refractivity contribution in [3.63, 3.8) is 0 Å². The van der Waals surface area contributed by atoms with Crippen molar-refractivity contribution in [2.75, 3.05) is 25.1 Å². The zero-order chi connectivity index (χ0) is 16.5. The van der Waals surface area contributed by atoms with E-state index in [-0.39, 0.29) is 17.4 Å². The smallest absolute Gasteiger partial charge is 0.352 e. The maximum Gasteiger partial charge on any atom is 0.352 e. The number of carboxylic acids is 1. The van der Waals surface area contributed by atoms with Crippen LogP contribution in [0.4, 0.5) is 0 Å². The number of amidine groups is 1.